The topological polar surface area (TPSA) is 111 Å². The average molecular weight is 518 g/mol. The Bertz CT molecular complexity index is 1270. The van der Waals surface area contributed by atoms with Crippen LogP contribution in [0.15, 0.2) is 41.1 Å². The van der Waals surface area contributed by atoms with Gasteiger partial charge in [0.15, 0.2) is 6.61 Å². The van der Waals surface area contributed by atoms with Crippen molar-refractivity contribution in [2.24, 2.45) is 5.92 Å². The number of benzene rings is 1. The van der Waals surface area contributed by atoms with Gasteiger partial charge in [-0.2, -0.15) is 18.3 Å². The molecule has 2 aromatic heterocycles. The third-order valence-corrected chi connectivity index (χ3v) is 6.41. The molecule has 1 aliphatic heterocycles. The van der Waals surface area contributed by atoms with Crippen LogP contribution in [0.3, 0.4) is 0 Å². The lowest BCUT2D eigenvalue weighted by molar-refractivity contribution is -0.153. The maximum absolute atomic E-state index is 13.1. The number of oxazole rings is 1. The molecule has 2 aliphatic rings. The fourth-order valence-electron chi connectivity index (χ4n) is 4.40. The summed E-state index contributed by atoms with van der Waals surface area (Å²) in [6.45, 7) is -0.780. The molecule has 3 heterocycles. The van der Waals surface area contributed by atoms with Crippen LogP contribution in [0.2, 0.25) is 0 Å². The number of halogens is 3. The Labute approximate surface area is 210 Å². The van der Waals surface area contributed by atoms with Gasteiger partial charge in [-0.3, -0.25) is 9.59 Å². The number of anilines is 1. The number of aryl methyl sites for hydroxylation is 2. The second-order valence-corrected chi connectivity index (χ2v) is 9.38. The summed E-state index contributed by atoms with van der Waals surface area (Å²) in [5, 5.41) is 10.4. The van der Waals surface area contributed by atoms with E-state index in [9.17, 15) is 22.8 Å². The normalized spacial score (nSPS) is 17.3. The number of nitrogens with zero attached hydrogens (tertiary/aromatic N) is 3. The predicted molar refractivity (Wildman–Crippen MR) is 125 cm³/mol. The molecule has 1 atom stereocenters. The van der Waals surface area contributed by atoms with Crippen molar-refractivity contribution >= 4 is 17.6 Å². The smallest absolute Gasteiger partial charge is 0.422 e. The summed E-state index contributed by atoms with van der Waals surface area (Å²) in [7, 11) is 0. The summed E-state index contributed by atoms with van der Waals surface area (Å²) in [4.78, 5) is 29.6. The van der Waals surface area contributed by atoms with Crippen LogP contribution in [0, 0.1) is 5.92 Å². The number of rotatable bonds is 10. The van der Waals surface area contributed by atoms with Crippen molar-refractivity contribution in [2.45, 2.75) is 57.3 Å². The first-order valence-corrected chi connectivity index (χ1v) is 12.1. The van der Waals surface area contributed by atoms with E-state index in [1.54, 1.807) is 22.9 Å². The molecule has 0 radical (unpaired) electrons. The molecule has 2 N–H and O–H groups in total. The molecule has 1 aromatic carbocycles. The second-order valence-electron chi connectivity index (χ2n) is 9.38. The molecule has 1 aliphatic carbocycles. The molecule has 196 valence electrons. The number of aromatic nitrogens is 3. The van der Waals surface area contributed by atoms with Gasteiger partial charge in [-0.05, 0) is 42.9 Å². The first-order chi connectivity index (χ1) is 17.7. The third-order valence-electron chi connectivity index (χ3n) is 6.41. The van der Waals surface area contributed by atoms with Crippen molar-refractivity contribution < 1.29 is 31.9 Å². The molecule has 0 unspecified atom stereocenters. The zero-order chi connectivity index (χ0) is 26.0. The lowest BCUT2D eigenvalue weighted by Gasteiger charge is -2.23. The van der Waals surface area contributed by atoms with E-state index >= 15 is 0 Å². The lowest BCUT2D eigenvalue weighted by atomic mass is 9.96. The summed E-state index contributed by atoms with van der Waals surface area (Å²) >= 11 is 0. The molecular weight excluding hydrogens is 491 g/mol. The van der Waals surface area contributed by atoms with Crippen LogP contribution < -0.4 is 15.4 Å². The Hall–Kier alpha value is -3.83. The minimum Gasteiger partial charge on any atom is -0.484 e. The molecule has 5 rings (SSSR count). The average Bonchev–Trinajstić information content (AvgIpc) is 3.38. The SMILES string of the molecule is O=C(Nc1c2c(nn1CCC1CC1)C[C@H](CCc1cccc(OCC(F)(F)F)c1)NC2=O)c1ncco1. The van der Waals surface area contributed by atoms with Gasteiger partial charge in [0.2, 0.25) is 0 Å². The number of amides is 2. The van der Waals surface area contributed by atoms with E-state index in [1.165, 1.54) is 31.4 Å². The van der Waals surface area contributed by atoms with Crippen molar-refractivity contribution in [3.05, 3.63) is 59.4 Å². The number of carbonyl (C=O) groups is 2. The Morgan fingerprint density at radius 3 is 2.84 bits per heavy atom. The van der Waals surface area contributed by atoms with Gasteiger partial charge < -0.3 is 19.8 Å². The van der Waals surface area contributed by atoms with Gasteiger partial charge in [-0.1, -0.05) is 25.0 Å². The van der Waals surface area contributed by atoms with E-state index in [1.807, 2.05) is 0 Å². The van der Waals surface area contributed by atoms with Gasteiger partial charge in [0, 0.05) is 19.0 Å². The van der Waals surface area contributed by atoms with Crippen LogP contribution in [-0.2, 0) is 19.4 Å². The summed E-state index contributed by atoms with van der Waals surface area (Å²) in [5.74, 6) is 0.0833. The van der Waals surface area contributed by atoms with Gasteiger partial charge in [-0.25, -0.2) is 9.67 Å². The summed E-state index contributed by atoms with van der Waals surface area (Å²) < 4.78 is 48.9. The molecule has 1 saturated carbocycles. The minimum atomic E-state index is -4.41. The fourth-order valence-corrected chi connectivity index (χ4v) is 4.40. The highest BCUT2D eigenvalue weighted by Gasteiger charge is 2.33. The highest BCUT2D eigenvalue weighted by molar-refractivity contribution is 6.07. The van der Waals surface area contributed by atoms with Gasteiger partial charge in [0.1, 0.15) is 23.4 Å². The molecule has 12 heteroatoms. The van der Waals surface area contributed by atoms with E-state index in [0.29, 0.717) is 48.8 Å². The monoisotopic (exact) mass is 517 g/mol. The number of nitrogens with one attached hydrogen (secondary N) is 2. The van der Waals surface area contributed by atoms with Crippen LogP contribution in [-0.4, -0.2) is 45.4 Å². The van der Waals surface area contributed by atoms with Crippen molar-refractivity contribution in [3.8, 4) is 5.75 Å². The van der Waals surface area contributed by atoms with E-state index in [2.05, 4.69) is 20.7 Å². The highest BCUT2D eigenvalue weighted by atomic mass is 19.4. The first kappa shape index (κ1) is 24.8. The number of fused-ring (bicyclic) bond motifs is 1. The van der Waals surface area contributed by atoms with Crippen LogP contribution in [0.4, 0.5) is 19.0 Å². The molecule has 37 heavy (non-hydrogen) atoms. The number of hydrogen-bond donors (Lipinski definition) is 2. The molecule has 2 amide bonds. The van der Waals surface area contributed by atoms with Crippen molar-refractivity contribution in [2.75, 3.05) is 11.9 Å². The number of hydrogen-bond acceptors (Lipinski definition) is 6. The Morgan fingerprint density at radius 1 is 1.27 bits per heavy atom. The van der Waals surface area contributed by atoms with E-state index < -0.39 is 18.7 Å². The lowest BCUT2D eigenvalue weighted by Crippen LogP contribution is -2.41. The predicted octanol–water partition coefficient (Wildman–Crippen LogP) is 4.15. The highest BCUT2D eigenvalue weighted by Crippen LogP contribution is 2.34. The summed E-state index contributed by atoms with van der Waals surface area (Å²) in [6.07, 6.45) is 3.04. The largest absolute Gasteiger partial charge is 0.484 e. The maximum Gasteiger partial charge on any atom is 0.422 e. The zero-order valence-electron chi connectivity index (χ0n) is 19.9. The van der Waals surface area contributed by atoms with Crippen LogP contribution in [0.25, 0.3) is 0 Å². The van der Waals surface area contributed by atoms with Gasteiger partial charge in [-0.15, -0.1) is 0 Å². The van der Waals surface area contributed by atoms with Crippen LogP contribution >= 0.6 is 0 Å². The molecular formula is C25H26F3N5O4. The van der Waals surface area contributed by atoms with Crippen molar-refractivity contribution in [3.63, 3.8) is 0 Å². The van der Waals surface area contributed by atoms with E-state index in [4.69, 9.17) is 9.15 Å². The quantitative estimate of drug-likeness (QED) is 0.418. The van der Waals surface area contributed by atoms with Crippen LogP contribution in [0.1, 0.15) is 58.0 Å². The molecule has 3 aromatic rings. The number of carbonyl (C=O) groups excluding carboxylic acids is 2. The fraction of sp³-hybridized carbons (Fsp3) is 0.440. The Morgan fingerprint density at radius 2 is 2.11 bits per heavy atom. The zero-order valence-corrected chi connectivity index (χ0v) is 19.9. The van der Waals surface area contributed by atoms with Crippen LogP contribution in [0.5, 0.6) is 5.75 Å². The van der Waals surface area contributed by atoms with Gasteiger partial charge in [0.25, 0.3) is 11.8 Å². The van der Waals surface area contributed by atoms with Gasteiger partial charge >= 0.3 is 12.1 Å². The van der Waals surface area contributed by atoms with E-state index in [0.717, 1.165) is 12.0 Å². The Kier molecular flexibility index (Phi) is 6.90. The van der Waals surface area contributed by atoms with Crippen molar-refractivity contribution in [1.29, 1.82) is 0 Å². The summed E-state index contributed by atoms with van der Waals surface area (Å²) in [5.41, 5.74) is 1.72. The van der Waals surface area contributed by atoms with Gasteiger partial charge in [0.05, 0.1) is 11.9 Å². The third kappa shape index (κ3) is 6.30. The number of alkyl halides is 3. The maximum atomic E-state index is 13.1. The first-order valence-electron chi connectivity index (χ1n) is 12.1. The standard InChI is InChI=1S/C25H26F3N5O4/c26-25(27,28)14-37-18-3-1-2-16(12-18)6-7-17-13-19-20(22(34)30-17)21(31-23(35)24-29-9-11-36-24)33(32-19)10-8-15-4-5-15/h1-3,9,11-12,15,17H,4-8,10,13-14H2,(H,30,34)(H,31,35)/t17-/m0/s1. The Balaban J connectivity index is 1.27. The summed E-state index contributed by atoms with van der Waals surface area (Å²) in [6, 6.07) is 6.28. The molecule has 0 saturated heterocycles. The minimum absolute atomic E-state index is 0.112. The van der Waals surface area contributed by atoms with E-state index in [-0.39, 0.29) is 23.6 Å². The molecule has 1 fully saturated rings. The molecule has 9 nitrogen and oxygen atoms in total. The molecule has 0 spiro atoms. The number of ether oxygens (including phenoxy) is 1. The van der Waals surface area contributed by atoms with Crippen molar-refractivity contribution in [1.82, 2.24) is 20.1 Å². The second kappa shape index (κ2) is 10.3. The molecule has 0 bridgehead atoms.